The third kappa shape index (κ3) is 2.94. The van der Waals surface area contributed by atoms with Gasteiger partial charge in [0.05, 0.1) is 17.4 Å². The highest BCUT2D eigenvalue weighted by molar-refractivity contribution is 5.76. The molecule has 2 aromatic carbocycles. The van der Waals surface area contributed by atoms with Crippen LogP contribution in [-0.4, -0.2) is 15.0 Å². The zero-order valence-electron chi connectivity index (χ0n) is 13.9. The average molecular weight is 327 g/mol. The lowest BCUT2D eigenvalue weighted by Crippen LogP contribution is -2.07. The molecule has 2 aromatic heterocycles. The van der Waals surface area contributed by atoms with Crippen molar-refractivity contribution in [1.29, 1.82) is 0 Å². The van der Waals surface area contributed by atoms with E-state index in [1.54, 1.807) is 12.3 Å². The van der Waals surface area contributed by atoms with E-state index in [0.29, 0.717) is 6.42 Å². The number of hydrogen-bond donors (Lipinski definition) is 1. The highest BCUT2D eigenvalue weighted by Crippen LogP contribution is 2.27. The molecule has 0 aliphatic heterocycles. The van der Waals surface area contributed by atoms with Crippen LogP contribution < -0.4 is 5.56 Å². The quantitative estimate of drug-likeness (QED) is 0.621. The smallest absolute Gasteiger partial charge is 0.266 e. The fourth-order valence-electron chi connectivity index (χ4n) is 3.15. The molecule has 0 saturated heterocycles. The third-order valence-electron chi connectivity index (χ3n) is 4.46. The van der Waals surface area contributed by atoms with E-state index in [-0.39, 0.29) is 5.56 Å². The molecular weight excluding hydrogens is 310 g/mol. The summed E-state index contributed by atoms with van der Waals surface area (Å²) in [7, 11) is 0. The van der Waals surface area contributed by atoms with Crippen LogP contribution in [0, 0.1) is 6.92 Å². The third-order valence-corrected chi connectivity index (χ3v) is 4.46. The molecule has 0 amide bonds. The fraction of sp³-hybridized carbons (Fsp3) is 0.0952. The summed E-state index contributed by atoms with van der Waals surface area (Å²) in [5.41, 5.74) is 6.98. The van der Waals surface area contributed by atoms with E-state index < -0.39 is 0 Å². The number of nitrogens with one attached hydrogen (secondary N) is 1. The largest absolute Gasteiger partial charge is 0.319 e. The Morgan fingerprint density at radius 1 is 0.960 bits per heavy atom. The molecule has 0 aliphatic carbocycles. The Balaban J connectivity index is 1.79. The molecule has 0 unspecified atom stereocenters. The van der Waals surface area contributed by atoms with Gasteiger partial charge in [0.15, 0.2) is 0 Å². The lowest BCUT2D eigenvalue weighted by Gasteiger charge is -2.12. The summed E-state index contributed by atoms with van der Waals surface area (Å²) >= 11 is 0. The van der Waals surface area contributed by atoms with Crippen molar-refractivity contribution < 1.29 is 0 Å². The van der Waals surface area contributed by atoms with E-state index in [9.17, 15) is 4.79 Å². The molecule has 0 saturated carbocycles. The topological polar surface area (TPSA) is 58.6 Å². The first-order chi connectivity index (χ1) is 12.2. The standard InChI is InChI=1S/C21H17N3O/c1-14-16(8-5-9-17(14)15-6-3-2-4-7-15)12-19-21-18(10-11-22-19)24-20(25)13-23-21/h2-11,13H,12H2,1H3,(H,24,25). The van der Waals surface area contributed by atoms with E-state index in [1.165, 1.54) is 28.5 Å². The number of aromatic nitrogens is 3. The number of benzene rings is 2. The van der Waals surface area contributed by atoms with E-state index in [0.717, 1.165) is 16.7 Å². The van der Waals surface area contributed by atoms with Gasteiger partial charge in [0.1, 0.15) is 5.52 Å². The number of hydrogen-bond acceptors (Lipinski definition) is 3. The van der Waals surface area contributed by atoms with Gasteiger partial charge in [-0.05, 0) is 35.2 Å². The van der Waals surface area contributed by atoms with Crippen molar-refractivity contribution in [3.63, 3.8) is 0 Å². The van der Waals surface area contributed by atoms with Gasteiger partial charge in [0.25, 0.3) is 5.56 Å². The van der Waals surface area contributed by atoms with Crippen molar-refractivity contribution in [3.8, 4) is 11.1 Å². The number of nitrogens with zero attached hydrogens (tertiary/aromatic N) is 2. The highest BCUT2D eigenvalue weighted by Gasteiger charge is 2.10. The lowest BCUT2D eigenvalue weighted by molar-refractivity contribution is 1.06. The summed E-state index contributed by atoms with van der Waals surface area (Å²) in [6.07, 6.45) is 3.69. The van der Waals surface area contributed by atoms with Crippen LogP contribution in [0.15, 0.2) is 71.8 Å². The Bertz CT molecular complexity index is 1100. The van der Waals surface area contributed by atoms with Crippen LogP contribution in [0.5, 0.6) is 0 Å². The summed E-state index contributed by atoms with van der Waals surface area (Å²) in [5, 5.41) is 0. The summed E-state index contributed by atoms with van der Waals surface area (Å²) in [5.74, 6) is 0. The van der Waals surface area contributed by atoms with Crippen LogP contribution in [0.4, 0.5) is 0 Å². The maximum atomic E-state index is 11.5. The molecule has 4 aromatic rings. The molecule has 0 spiro atoms. The Morgan fingerprint density at radius 2 is 1.80 bits per heavy atom. The number of aromatic amines is 1. The zero-order chi connectivity index (χ0) is 17.2. The van der Waals surface area contributed by atoms with Gasteiger partial charge in [0.2, 0.25) is 0 Å². The zero-order valence-corrected chi connectivity index (χ0v) is 13.9. The summed E-state index contributed by atoms with van der Waals surface area (Å²) in [4.78, 5) is 23.1. The first-order valence-electron chi connectivity index (χ1n) is 8.19. The molecular formula is C21H17N3O. The van der Waals surface area contributed by atoms with Crippen LogP contribution in [0.25, 0.3) is 22.2 Å². The molecule has 4 nitrogen and oxygen atoms in total. The first-order valence-corrected chi connectivity index (χ1v) is 8.19. The molecule has 2 heterocycles. The monoisotopic (exact) mass is 327 g/mol. The number of H-pyrrole nitrogens is 1. The van der Waals surface area contributed by atoms with Gasteiger partial charge in [-0.15, -0.1) is 0 Å². The number of pyridine rings is 1. The second-order valence-electron chi connectivity index (χ2n) is 6.03. The maximum absolute atomic E-state index is 11.5. The van der Waals surface area contributed by atoms with E-state index in [1.807, 2.05) is 18.2 Å². The lowest BCUT2D eigenvalue weighted by atomic mass is 9.94. The molecule has 0 aliphatic rings. The van der Waals surface area contributed by atoms with Crippen molar-refractivity contribution in [1.82, 2.24) is 15.0 Å². The minimum Gasteiger partial charge on any atom is -0.319 e. The molecule has 4 heteroatoms. The average Bonchev–Trinajstić information content (AvgIpc) is 2.64. The normalized spacial score (nSPS) is 10.9. The van der Waals surface area contributed by atoms with E-state index in [4.69, 9.17) is 0 Å². The Hall–Kier alpha value is -3.27. The van der Waals surface area contributed by atoms with Crippen molar-refractivity contribution >= 4 is 11.0 Å². The van der Waals surface area contributed by atoms with Gasteiger partial charge >= 0.3 is 0 Å². The van der Waals surface area contributed by atoms with Crippen LogP contribution in [0.3, 0.4) is 0 Å². The number of fused-ring (bicyclic) bond motifs is 1. The van der Waals surface area contributed by atoms with Crippen molar-refractivity contribution in [3.05, 3.63) is 94.2 Å². The SMILES string of the molecule is Cc1c(Cc2nccc3[nH]c(=O)cnc23)cccc1-c1ccccc1. The van der Waals surface area contributed by atoms with Crippen LogP contribution in [-0.2, 0) is 6.42 Å². The second-order valence-corrected chi connectivity index (χ2v) is 6.03. The van der Waals surface area contributed by atoms with Gasteiger partial charge in [0, 0.05) is 12.6 Å². The van der Waals surface area contributed by atoms with Crippen LogP contribution in [0.1, 0.15) is 16.8 Å². The Labute approximate surface area is 145 Å². The van der Waals surface area contributed by atoms with Crippen molar-refractivity contribution in [2.24, 2.45) is 0 Å². The van der Waals surface area contributed by atoms with Crippen molar-refractivity contribution in [2.75, 3.05) is 0 Å². The Kier molecular flexibility index (Phi) is 3.86. The summed E-state index contributed by atoms with van der Waals surface area (Å²) in [6.45, 7) is 2.14. The van der Waals surface area contributed by atoms with E-state index >= 15 is 0 Å². The minimum atomic E-state index is -0.202. The number of rotatable bonds is 3. The maximum Gasteiger partial charge on any atom is 0.266 e. The molecule has 0 atom stereocenters. The molecule has 0 fully saturated rings. The first kappa shape index (κ1) is 15.3. The molecule has 0 bridgehead atoms. The predicted molar refractivity (Wildman–Crippen MR) is 99.6 cm³/mol. The van der Waals surface area contributed by atoms with Gasteiger partial charge in [-0.3, -0.25) is 9.78 Å². The van der Waals surface area contributed by atoms with E-state index in [2.05, 4.69) is 52.2 Å². The summed E-state index contributed by atoms with van der Waals surface area (Å²) < 4.78 is 0. The molecule has 25 heavy (non-hydrogen) atoms. The second kappa shape index (κ2) is 6.32. The van der Waals surface area contributed by atoms with Crippen LogP contribution >= 0.6 is 0 Å². The minimum absolute atomic E-state index is 0.202. The van der Waals surface area contributed by atoms with Gasteiger partial charge in [-0.1, -0.05) is 48.5 Å². The molecule has 1 N–H and O–H groups in total. The fourth-order valence-corrected chi connectivity index (χ4v) is 3.15. The highest BCUT2D eigenvalue weighted by atomic mass is 16.1. The molecule has 4 rings (SSSR count). The van der Waals surface area contributed by atoms with Gasteiger partial charge in [-0.25, -0.2) is 4.98 Å². The van der Waals surface area contributed by atoms with Gasteiger partial charge in [-0.2, -0.15) is 0 Å². The summed E-state index contributed by atoms with van der Waals surface area (Å²) in [6, 6.07) is 18.5. The van der Waals surface area contributed by atoms with Crippen molar-refractivity contribution in [2.45, 2.75) is 13.3 Å². The van der Waals surface area contributed by atoms with Gasteiger partial charge < -0.3 is 4.98 Å². The predicted octanol–water partition coefficient (Wildman–Crippen LogP) is 3.88. The van der Waals surface area contributed by atoms with Crippen LogP contribution in [0.2, 0.25) is 0 Å². The molecule has 0 radical (unpaired) electrons. The Morgan fingerprint density at radius 3 is 2.64 bits per heavy atom. The molecule has 122 valence electrons.